The minimum Gasteiger partial charge on any atom is -0.378 e. The molecule has 2 saturated heterocycles. The maximum absolute atomic E-state index is 12.2. The highest BCUT2D eigenvalue weighted by Gasteiger charge is 2.25. The second-order valence-electron chi connectivity index (χ2n) is 5.66. The Labute approximate surface area is 130 Å². The number of carbonyl (C=O) groups is 1. The van der Waals surface area contributed by atoms with E-state index >= 15 is 0 Å². The molecule has 2 aliphatic rings. The summed E-state index contributed by atoms with van der Waals surface area (Å²) >= 11 is 0. The largest absolute Gasteiger partial charge is 0.378 e. The first kappa shape index (κ1) is 15.2. The summed E-state index contributed by atoms with van der Waals surface area (Å²) in [5.74, 6) is 0.597. The van der Waals surface area contributed by atoms with Gasteiger partial charge in [-0.15, -0.1) is 0 Å². The molecule has 3 heterocycles. The third-order valence-corrected chi connectivity index (χ3v) is 4.02. The number of aromatic nitrogens is 2. The molecule has 1 amide bonds. The van der Waals surface area contributed by atoms with Gasteiger partial charge in [-0.05, 0) is 26.7 Å². The molecule has 7 heteroatoms. The van der Waals surface area contributed by atoms with Gasteiger partial charge in [-0.3, -0.25) is 4.79 Å². The lowest BCUT2D eigenvalue weighted by atomic mass is 10.2. The van der Waals surface area contributed by atoms with Crippen molar-refractivity contribution < 1.29 is 14.3 Å². The summed E-state index contributed by atoms with van der Waals surface area (Å²) < 4.78 is 10.8. The van der Waals surface area contributed by atoms with Crippen LogP contribution in [0.3, 0.4) is 0 Å². The quantitative estimate of drug-likeness (QED) is 0.899. The minimum atomic E-state index is -0.349. The van der Waals surface area contributed by atoms with Gasteiger partial charge < -0.3 is 19.7 Å². The van der Waals surface area contributed by atoms with Gasteiger partial charge >= 0.3 is 0 Å². The van der Waals surface area contributed by atoms with Crippen molar-refractivity contribution >= 4 is 17.5 Å². The smallest absolute Gasteiger partial charge is 0.253 e. The molecule has 0 aromatic carbocycles. The van der Waals surface area contributed by atoms with E-state index in [1.54, 1.807) is 0 Å². The normalized spacial score (nSPS) is 21.9. The second kappa shape index (κ2) is 6.58. The number of nitrogens with one attached hydrogen (secondary N) is 1. The van der Waals surface area contributed by atoms with E-state index in [9.17, 15) is 4.79 Å². The Morgan fingerprint density at radius 3 is 2.45 bits per heavy atom. The van der Waals surface area contributed by atoms with Crippen molar-refractivity contribution in [2.24, 2.45) is 0 Å². The molecule has 2 aliphatic heterocycles. The Morgan fingerprint density at radius 1 is 1.18 bits per heavy atom. The fourth-order valence-corrected chi connectivity index (χ4v) is 2.77. The molecule has 1 aromatic rings. The number of ether oxygens (including phenoxy) is 2. The van der Waals surface area contributed by atoms with Crippen LogP contribution in [-0.4, -0.2) is 54.9 Å². The van der Waals surface area contributed by atoms with Crippen LogP contribution in [-0.2, 0) is 14.3 Å². The zero-order chi connectivity index (χ0) is 15.5. The fraction of sp³-hybridized carbons (Fsp3) is 0.667. The van der Waals surface area contributed by atoms with Gasteiger partial charge in [0.15, 0.2) is 0 Å². The van der Waals surface area contributed by atoms with Crippen molar-refractivity contribution in [1.82, 2.24) is 9.97 Å². The number of aryl methyl sites for hydroxylation is 2. The van der Waals surface area contributed by atoms with Crippen LogP contribution < -0.4 is 10.2 Å². The third kappa shape index (κ3) is 3.20. The second-order valence-corrected chi connectivity index (χ2v) is 5.66. The maximum Gasteiger partial charge on any atom is 0.253 e. The Kier molecular flexibility index (Phi) is 4.54. The topological polar surface area (TPSA) is 76.6 Å². The van der Waals surface area contributed by atoms with E-state index in [4.69, 9.17) is 9.47 Å². The SMILES string of the molecule is Cc1nc(N2CCOCC2)nc(C)c1NC(=O)C1CCCO1. The molecule has 120 valence electrons. The number of amides is 1. The molecule has 1 atom stereocenters. The summed E-state index contributed by atoms with van der Waals surface area (Å²) in [6, 6.07) is 0. The van der Waals surface area contributed by atoms with Gasteiger partial charge in [0.25, 0.3) is 5.91 Å². The molecule has 0 spiro atoms. The van der Waals surface area contributed by atoms with Gasteiger partial charge in [-0.2, -0.15) is 0 Å². The Morgan fingerprint density at radius 2 is 1.86 bits per heavy atom. The van der Waals surface area contributed by atoms with Crippen molar-refractivity contribution in [3.63, 3.8) is 0 Å². The minimum absolute atomic E-state index is 0.105. The predicted octanol–water partition coefficient (Wildman–Crippen LogP) is 1.05. The zero-order valence-corrected chi connectivity index (χ0v) is 13.1. The first-order valence-corrected chi connectivity index (χ1v) is 7.75. The number of hydrogen-bond acceptors (Lipinski definition) is 6. The van der Waals surface area contributed by atoms with Gasteiger partial charge in [0, 0.05) is 19.7 Å². The molecule has 1 unspecified atom stereocenters. The van der Waals surface area contributed by atoms with E-state index in [-0.39, 0.29) is 12.0 Å². The molecule has 0 saturated carbocycles. The number of nitrogens with zero attached hydrogens (tertiary/aromatic N) is 3. The van der Waals surface area contributed by atoms with Crippen LogP contribution in [0.2, 0.25) is 0 Å². The lowest BCUT2D eigenvalue weighted by Gasteiger charge is -2.27. The van der Waals surface area contributed by atoms with E-state index < -0.39 is 0 Å². The Hall–Kier alpha value is -1.73. The van der Waals surface area contributed by atoms with E-state index in [0.29, 0.717) is 31.5 Å². The summed E-state index contributed by atoms with van der Waals surface area (Å²) in [6.45, 7) is 7.41. The van der Waals surface area contributed by atoms with E-state index in [1.807, 2.05) is 13.8 Å². The van der Waals surface area contributed by atoms with Crippen molar-refractivity contribution in [2.45, 2.75) is 32.8 Å². The number of anilines is 2. The van der Waals surface area contributed by atoms with Crippen LogP contribution in [0.25, 0.3) is 0 Å². The van der Waals surface area contributed by atoms with Gasteiger partial charge in [0.05, 0.1) is 30.3 Å². The molecule has 7 nitrogen and oxygen atoms in total. The molecule has 0 bridgehead atoms. The summed E-state index contributed by atoms with van der Waals surface area (Å²) in [4.78, 5) is 23.4. The van der Waals surface area contributed by atoms with Crippen LogP contribution in [0, 0.1) is 13.8 Å². The van der Waals surface area contributed by atoms with Gasteiger partial charge in [-0.1, -0.05) is 0 Å². The van der Waals surface area contributed by atoms with Gasteiger partial charge in [0.2, 0.25) is 5.95 Å². The van der Waals surface area contributed by atoms with Gasteiger partial charge in [-0.25, -0.2) is 9.97 Å². The predicted molar refractivity (Wildman–Crippen MR) is 82.1 cm³/mol. The summed E-state index contributed by atoms with van der Waals surface area (Å²) in [5.41, 5.74) is 2.25. The lowest BCUT2D eigenvalue weighted by Crippen LogP contribution is -2.37. The Balaban J connectivity index is 1.75. The number of morpholine rings is 1. The highest BCUT2D eigenvalue weighted by Crippen LogP contribution is 2.22. The molecule has 0 radical (unpaired) electrons. The average Bonchev–Trinajstić information content (AvgIpc) is 3.06. The first-order valence-electron chi connectivity index (χ1n) is 7.75. The first-order chi connectivity index (χ1) is 10.6. The number of carbonyl (C=O) groups excluding carboxylic acids is 1. The van der Waals surface area contributed by atoms with Crippen molar-refractivity contribution in [2.75, 3.05) is 43.1 Å². The summed E-state index contributed by atoms with van der Waals surface area (Å²) in [5, 5.41) is 2.92. The lowest BCUT2D eigenvalue weighted by molar-refractivity contribution is -0.124. The molecule has 22 heavy (non-hydrogen) atoms. The van der Waals surface area contributed by atoms with E-state index in [0.717, 1.165) is 37.3 Å². The van der Waals surface area contributed by atoms with Crippen LogP contribution in [0.4, 0.5) is 11.6 Å². The zero-order valence-electron chi connectivity index (χ0n) is 13.1. The van der Waals surface area contributed by atoms with Crippen LogP contribution >= 0.6 is 0 Å². The van der Waals surface area contributed by atoms with Crippen LogP contribution in [0.5, 0.6) is 0 Å². The molecule has 2 fully saturated rings. The highest BCUT2D eigenvalue weighted by atomic mass is 16.5. The molecular weight excluding hydrogens is 284 g/mol. The summed E-state index contributed by atoms with van der Waals surface area (Å²) in [7, 11) is 0. The summed E-state index contributed by atoms with van der Waals surface area (Å²) in [6.07, 6.45) is 1.36. The molecule has 1 aromatic heterocycles. The molecule has 3 rings (SSSR count). The fourth-order valence-electron chi connectivity index (χ4n) is 2.77. The Bertz CT molecular complexity index is 529. The molecule has 0 aliphatic carbocycles. The number of rotatable bonds is 3. The molecular formula is C15H22N4O3. The highest BCUT2D eigenvalue weighted by molar-refractivity contribution is 5.95. The van der Waals surface area contributed by atoms with Crippen LogP contribution in [0.1, 0.15) is 24.2 Å². The maximum atomic E-state index is 12.2. The van der Waals surface area contributed by atoms with E-state index in [2.05, 4.69) is 20.2 Å². The van der Waals surface area contributed by atoms with Crippen molar-refractivity contribution in [3.8, 4) is 0 Å². The van der Waals surface area contributed by atoms with Crippen LogP contribution in [0.15, 0.2) is 0 Å². The standard InChI is InChI=1S/C15H22N4O3/c1-10-13(18-14(20)12-4-3-7-22-12)11(2)17-15(16-10)19-5-8-21-9-6-19/h12H,3-9H2,1-2H3,(H,18,20). The van der Waals surface area contributed by atoms with Gasteiger partial charge in [0.1, 0.15) is 6.10 Å². The monoisotopic (exact) mass is 306 g/mol. The van der Waals surface area contributed by atoms with Crippen molar-refractivity contribution in [1.29, 1.82) is 0 Å². The van der Waals surface area contributed by atoms with E-state index in [1.165, 1.54) is 0 Å². The third-order valence-electron chi connectivity index (χ3n) is 4.02. The van der Waals surface area contributed by atoms with Crippen molar-refractivity contribution in [3.05, 3.63) is 11.4 Å². The molecule has 1 N–H and O–H groups in total. The number of hydrogen-bond donors (Lipinski definition) is 1. The average molecular weight is 306 g/mol.